The average Bonchev–Trinajstić information content (AvgIpc) is 3.05. The van der Waals surface area contributed by atoms with Crippen LogP contribution in [0.4, 0.5) is 11.4 Å². The predicted octanol–water partition coefficient (Wildman–Crippen LogP) is 2.63. The second kappa shape index (κ2) is 5.06. The van der Waals surface area contributed by atoms with E-state index in [1.54, 1.807) is 12.1 Å². The van der Waals surface area contributed by atoms with Crippen molar-refractivity contribution in [3.63, 3.8) is 0 Å². The molecule has 4 N–H and O–H groups in total. The fourth-order valence-electron chi connectivity index (χ4n) is 1.68. The quantitative estimate of drug-likeness (QED) is 0.735. The first-order chi connectivity index (χ1) is 8.47. The van der Waals surface area contributed by atoms with E-state index in [2.05, 4.69) is 10.6 Å². The molecule has 0 aliphatic heterocycles. The summed E-state index contributed by atoms with van der Waals surface area (Å²) in [5, 5.41) is 6.51. The van der Waals surface area contributed by atoms with E-state index in [9.17, 15) is 4.79 Å². The number of hydrogen-bond acceptors (Lipinski definition) is 3. The second-order valence-electron chi connectivity index (χ2n) is 4.97. The Morgan fingerprint density at radius 3 is 2.67 bits per heavy atom. The summed E-state index contributed by atoms with van der Waals surface area (Å²) in [7, 11) is 0. The van der Waals surface area contributed by atoms with Crippen molar-refractivity contribution in [3.8, 4) is 0 Å². The number of benzene rings is 1. The molecule has 0 atom stereocenters. The molecule has 2 rings (SSSR count). The minimum Gasteiger partial charge on any atom is -0.397 e. The minimum atomic E-state index is -0.195. The third kappa shape index (κ3) is 3.07. The maximum absolute atomic E-state index is 11.9. The summed E-state index contributed by atoms with van der Waals surface area (Å²) in [4.78, 5) is 11.9. The van der Waals surface area contributed by atoms with Crippen LogP contribution >= 0.6 is 11.6 Å². The summed E-state index contributed by atoms with van der Waals surface area (Å²) >= 11 is 6.13. The number of nitrogens with two attached hydrogens (primary N) is 1. The molecule has 0 spiro atoms. The molecule has 1 fully saturated rings. The lowest BCUT2D eigenvalue weighted by Gasteiger charge is -2.13. The molecule has 0 bridgehead atoms. The van der Waals surface area contributed by atoms with E-state index in [4.69, 9.17) is 17.3 Å². The van der Waals surface area contributed by atoms with Crippen LogP contribution in [0.25, 0.3) is 0 Å². The summed E-state index contributed by atoms with van der Waals surface area (Å²) < 4.78 is 0. The van der Waals surface area contributed by atoms with Gasteiger partial charge in [-0.05, 0) is 38.8 Å². The zero-order valence-corrected chi connectivity index (χ0v) is 11.3. The molecule has 4 nitrogen and oxygen atoms in total. The third-order valence-corrected chi connectivity index (χ3v) is 3.05. The van der Waals surface area contributed by atoms with Gasteiger partial charge in [0.1, 0.15) is 0 Å². The highest BCUT2D eigenvalue weighted by atomic mass is 35.5. The van der Waals surface area contributed by atoms with Crippen molar-refractivity contribution in [1.29, 1.82) is 0 Å². The summed E-state index contributed by atoms with van der Waals surface area (Å²) in [6.45, 7) is 3.80. The van der Waals surface area contributed by atoms with Crippen LogP contribution in [-0.2, 0) is 0 Å². The van der Waals surface area contributed by atoms with E-state index in [-0.39, 0.29) is 11.9 Å². The smallest absolute Gasteiger partial charge is 0.253 e. The number of carbonyl (C=O) groups excluding carboxylic acids is 1. The van der Waals surface area contributed by atoms with Gasteiger partial charge in [0.25, 0.3) is 5.91 Å². The fourth-order valence-corrected chi connectivity index (χ4v) is 1.93. The molecule has 0 radical (unpaired) electrons. The van der Waals surface area contributed by atoms with Gasteiger partial charge in [0.2, 0.25) is 0 Å². The van der Waals surface area contributed by atoms with Gasteiger partial charge in [-0.15, -0.1) is 0 Å². The Morgan fingerprint density at radius 1 is 1.44 bits per heavy atom. The van der Waals surface area contributed by atoms with Gasteiger partial charge in [-0.25, -0.2) is 0 Å². The van der Waals surface area contributed by atoms with Gasteiger partial charge in [0, 0.05) is 12.1 Å². The summed E-state index contributed by atoms with van der Waals surface area (Å²) in [5.41, 5.74) is 7.72. The van der Waals surface area contributed by atoms with Crippen LogP contribution in [0.1, 0.15) is 37.0 Å². The number of nitrogen functional groups attached to an aromatic ring is 1. The van der Waals surface area contributed by atoms with Gasteiger partial charge in [0.15, 0.2) is 0 Å². The van der Waals surface area contributed by atoms with Crippen LogP contribution in [0.5, 0.6) is 0 Å². The Kier molecular flexibility index (Phi) is 3.66. The molecule has 1 aliphatic rings. The molecule has 1 saturated carbocycles. The Hall–Kier alpha value is -1.42. The van der Waals surface area contributed by atoms with Crippen molar-refractivity contribution >= 4 is 28.9 Å². The Morgan fingerprint density at radius 2 is 2.11 bits per heavy atom. The normalized spacial score (nSPS) is 14.7. The maximum Gasteiger partial charge on any atom is 0.253 e. The lowest BCUT2D eigenvalue weighted by molar-refractivity contribution is 0.0943. The Balaban J connectivity index is 2.21. The zero-order chi connectivity index (χ0) is 13.3. The first-order valence-electron chi connectivity index (χ1n) is 6.14. The SMILES string of the molecule is CC(C)NC(=O)c1cc(N)c(NC2CC2)cc1Cl. The third-order valence-electron chi connectivity index (χ3n) is 2.74. The van der Waals surface area contributed by atoms with Crippen molar-refractivity contribution in [3.05, 3.63) is 22.7 Å². The molecule has 0 saturated heterocycles. The molecule has 0 heterocycles. The van der Waals surface area contributed by atoms with Gasteiger partial charge in [0.05, 0.1) is 22.0 Å². The lowest BCUT2D eigenvalue weighted by atomic mass is 10.1. The summed E-state index contributed by atoms with van der Waals surface area (Å²) in [5.74, 6) is -0.195. The summed E-state index contributed by atoms with van der Waals surface area (Å²) in [6.07, 6.45) is 2.32. The number of rotatable bonds is 4. The minimum absolute atomic E-state index is 0.0686. The van der Waals surface area contributed by atoms with Crippen molar-refractivity contribution in [1.82, 2.24) is 5.32 Å². The highest BCUT2D eigenvalue weighted by molar-refractivity contribution is 6.34. The molecule has 0 aromatic heterocycles. The maximum atomic E-state index is 11.9. The van der Waals surface area contributed by atoms with Crippen LogP contribution in [0.3, 0.4) is 0 Å². The van der Waals surface area contributed by atoms with E-state index in [0.717, 1.165) is 18.5 Å². The van der Waals surface area contributed by atoms with Gasteiger partial charge in [-0.1, -0.05) is 11.6 Å². The largest absolute Gasteiger partial charge is 0.397 e. The van der Waals surface area contributed by atoms with E-state index >= 15 is 0 Å². The fraction of sp³-hybridized carbons (Fsp3) is 0.462. The van der Waals surface area contributed by atoms with E-state index in [0.29, 0.717) is 22.3 Å². The van der Waals surface area contributed by atoms with Crippen LogP contribution in [0.2, 0.25) is 5.02 Å². The highest BCUT2D eigenvalue weighted by Crippen LogP contribution is 2.32. The van der Waals surface area contributed by atoms with Crippen LogP contribution in [0, 0.1) is 0 Å². The second-order valence-corrected chi connectivity index (χ2v) is 5.37. The summed E-state index contributed by atoms with van der Waals surface area (Å²) in [6, 6.07) is 3.92. The standard InChI is InChI=1S/C13H18ClN3O/c1-7(2)16-13(18)9-5-11(15)12(6-10(9)14)17-8-3-4-8/h5-8,17H,3-4,15H2,1-2H3,(H,16,18). The molecule has 1 aromatic carbocycles. The first kappa shape index (κ1) is 13.0. The van der Waals surface area contributed by atoms with Crippen molar-refractivity contribution in [2.24, 2.45) is 0 Å². The number of anilines is 2. The van der Waals surface area contributed by atoms with Gasteiger partial charge < -0.3 is 16.4 Å². The highest BCUT2D eigenvalue weighted by Gasteiger charge is 2.22. The zero-order valence-electron chi connectivity index (χ0n) is 10.6. The van der Waals surface area contributed by atoms with E-state index < -0.39 is 0 Å². The van der Waals surface area contributed by atoms with Crippen LogP contribution < -0.4 is 16.4 Å². The molecule has 1 amide bonds. The Bertz CT molecular complexity index is 470. The van der Waals surface area contributed by atoms with Crippen molar-refractivity contribution in [2.75, 3.05) is 11.1 Å². The first-order valence-corrected chi connectivity index (χ1v) is 6.51. The van der Waals surface area contributed by atoms with Gasteiger partial charge in [-0.2, -0.15) is 0 Å². The van der Waals surface area contributed by atoms with E-state index in [1.807, 2.05) is 13.8 Å². The number of carbonyl (C=O) groups is 1. The Labute approximate surface area is 112 Å². The molecule has 1 aromatic rings. The van der Waals surface area contributed by atoms with Crippen molar-refractivity contribution < 1.29 is 4.79 Å². The molecular formula is C13H18ClN3O. The van der Waals surface area contributed by atoms with Crippen molar-refractivity contribution in [2.45, 2.75) is 38.8 Å². The van der Waals surface area contributed by atoms with Crippen LogP contribution in [-0.4, -0.2) is 18.0 Å². The molecule has 5 heteroatoms. The molecule has 18 heavy (non-hydrogen) atoms. The molecule has 98 valence electrons. The predicted molar refractivity (Wildman–Crippen MR) is 75.1 cm³/mol. The van der Waals surface area contributed by atoms with Gasteiger partial charge >= 0.3 is 0 Å². The number of amides is 1. The van der Waals surface area contributed by atoms with Crippen LogP contribution in [0.15, 0.2) is 12.1 Å². The topological polar surface area (TPSA) is 67.2 Å². The monoisotopic (exact) mass is 267 g/mol. The lowest BCUT2D eigenvalue weighted by Crippen LogP contribution is -2.30. The van der Waals surface area contributed by atoms with E-state index in [1.165, 1.54) is 0 Å². The van der Waals surface area contributed by atoms with Gasteiger partial charge in [-0.3, -0.25) is 4.79 Å². The number of halogens is 1. The number of hydrogen-bond donors (Lipinski definition) is 3. The molecule has 1 aliphatic carbocycles. The number of nitrogens with one attached hydrogen (secondary N) is 2. The molecular weight excluding hydrogens is 250 g/mol. The average molecular weight is 268 g/mol. The molecule has 0 unspecified atom stereocenters.